The van der Waals surface area contributed by atoms with Gasteiger partial charge >= 0.3 is 0 Å². The SMILES string of the molecule is Cl.NC1C2CCC(C2)C1C(=O)Nc1ccc(S(=O)(=O)Nc2ccccc2)cc1. The molecule has 2 bridgehead atoms. The van der Waals surface area contributed by atoms with Gasteiger partial charge in [0.1, 0.15) is 0 Å². The van der Waals surface area contributed by atoms with Crippen LogP contribution < -0.4 is 15.8 Å². The predicted octanol–water partition coefficient (Wildman–Crippen LogP) is 3.22. The molecule has 0 aromatic heterocycles. The number of carbonyl (C=O) groups is 1. The molecule has 2 aliphatic rings. The summed E-state index contributed by atoms with van der Waals surface area (Å²) in [6, 6.07) is 14.8. The third-order valence-corrected chi connectivity index (χ3v) is 7.14. The van der Waals surface area contributed by atoms with E-state index in [0.29, 0.717) is 23.2 Å². The van der Waals surface area contributed by atoms with Gasteiger partial charge in [-0.05, 0) is 67.5 Å². The van der Waals surface area contributed by atoms with Crippen LogP contribution in [0.3, 0.4) is 0 Å². The molecule has 2 aliphatic carbocycles. The number of halogens is 1. The van der Waals surface area contributed by atoms with Gasteiger partial charge in [-0.2, -0.15) is 0 Å². The molecular weight excluding hydrogens is 398 g/mol. The summed E-state index contributed by atoms with van der Waals surface area (Å²) in [4.78, 5) is 12.8. The number of para-hydroxylation sites is 1. The fourth-order valence-corrected chi connectivity index (χ4v) is 5.45. The van der Waals surface area contributed by atoms with Crippen LogP contribution in [0.5, 0.6) is 0 Å². The second-order valence-electron chi connectivity index (χ2n) is 7.42. The van der Waals surface area contributed by atoms with Crippen molar-refractivity contribution in [3.05, 3.63) is 54.6 Å². The fraction of sp³-hybridized carbons (Fsp3) is 0.350. The molecule has 0 saturated heterocycles. The first-order valence-electron chi connectivity index (χ1n) is 9.18. The number of carbonyl (C=O) groups excluding carboxylic acids is 1. The third-order valence-electron chi connectivity index (χ3n) is 5.74. The summed E-state index contributed by atoms with van der Waals surface area (Å²) in [5.41, 5.74) is 7.30. The largest absolute Gasteiger partial charge is 0.327 e. The zero-order chi connectivity index (χ0) is 19.0. The molecule has 2 aromatic carbocycles. The Bertz CT molecular complexity index is 933. The van der Waals surface area contributed by atoms with Crippen LogP contribution in [-0.4, -0.2) is 20.4 Å². The highest BCUT2D eigenvalue weighted by atomic mass is 35.5. The number of benzene rings is 2. The zero-order valence-corrected chi connectivity index (χ0v) is 16.9. The Morgan fingerprint density at radius 2 is 1.57 bits per heavy atom. The van der Waals surface area contributed by atoms with Crippen LogP contribution in [0.1, 0.15) is 19.3 Å². The molecule has 0 spiro atoms. The average Bonchev–Trinajstić information content (AvgIpc) is 3.24. The molecule has 28 heavy (non-hydrogen) atoms. The number of hydrogen-bond acceptors (Lipinski definition) is 4. The van der Waals surface area contributed by atoms with E-state index in [4.69, 9.17) is 5.73 Å². The summed E-state index contributed by atoms with van der Waals surface area (Å²) < 4.78 is 27.4. The first-order chi connectivity index (χ1) is 12.9. The minimum Gasteiger partial charge on any atom is -0.327 e. The number of amides is 1. The van der Waals surface area contributed by atoms with Crippen molar-refractivity contribution in [2.75, 3.05) is 10.0 Å². The number of hydrogen-bond donors (Lipinski definition) is 3. The van der Waals surface area contributed by atoms with Crippen molar-refractivity contribution in [2.24, 2.45) is 23.5 Å². The van der Waals surface area contributed by atoms with Gasteiger partial charge in [0.05, 0.1) is 10.8 Å². The van der Waals surface area contributed by atoms with E-state index in [9.17, 15) is 13.2 Å². The van der Waals surface area contributed by atoms with Gasteiger partial charge in [0.25, 0.3) is 10.0 Å². The molecular formula is C20H24ClN3O3S. The Labute approximate surface area is 171 Å². The Morgan fingerprint density at radius 3 is 2.18 bits per heavy atom. The van der Waals surface area contributed by atoms with E-state index < -0.39 is 10.0 Å². The van der Waals surface area contributed by atoms with Crippen molar-refractivity contribution in [2.45, 2.75) is 30.2 Å². The van der Waals surface area contributed by atoms with Crippen molar-refractivity contribution in [1.29, 1.82) is 0 Å². The smallest absolute Gasteiger partial charge is 0.261 e. The van der Waals surface area contributed by atoms with Crippen molar-refractivity contribution < 1.29 is 13.2 Å². The topological polar surface area (TPSA) is 101 Å². The molecule has 150 valence electrons. The van der Waals surface area contributed by atoms with Crippen molar-refractivity contribution in [3.63, 3.8) is 0 Å². The van der Waals surface area contributed by atoms with E-state index in [0.717, 1.165) is 19.3 Å². The van der Waals surface area contributed by atoms with Crippen LogP contribution >= 0.6 is 12.4 Å². The number of fused-ring (bicyclic) bond motifs is 2. The van der Waals surface area contributed by atoms with E-state index in [2.05, 4.69) is 10.0 Å². The highest BCUT2D eigenvalue weighted by Crippen LogP contribution is 2.47. The molecule has 4 rings (SSSR count). The molecule has 2 fully saturated rings. The number of anilines is 2. The summed E-state index contributed by atoms with van der Waals surface area (Å²) in [5, 5.41) is 2.89. The molecule has 1 amide bonds. The lowest BCUT2D eigenvalue weighted by Gasteiger charge is -2.27. The Kier molecular flexibility index (Phi) is 5.98. The van der Waals surface area contributed by atoms with Crippen molar-refractivity contribution >= 4 is 39.7 Å². The molecule has 0 heterocycles. The number of rotatable bonds is 5. The first kappa shape index (κ1) is 20.6. The van der Waals surface area contributed by atoms with Crippen molar-refractivity contribution in [1.82, 2.24) is 0 Å². The highest BCUT2D eigenvalue weighted by molar-refractivity contribution is 7.92. The van der Waals surface area contributed by atoms with Crippen LogP contribution in [0.4, 0.5) is 11.4 Å². The predicted molar refractivity (Wildman–Crippen MR) is 112 cm³/mol. The second-order valence-corrected chi connectivity index (χ2v) is 9.10. The molecule has 4 unspecified atom stereocenters. The maximum absolute atomic E-state index is 12.6. The van der Waals surface area contributed by atoms with E-state index in [1.165, 1.54) is 12.1 Å². The molecule has 8 heteroatoms. The Morgan fingerprint density at radius 1 is 0.929 bits per heavy atom. The maximum Gasteiger partial charge on any atom is 0.261 e. The van der Waals surface area contributed by atoms with Crippen LogP contribution in [0.2, 0.25) is 0 Å². The first-order valence-corrected chi connectivity index (χ1v) is 10.7. The fourth-order valence-electron chi connectivity index (χ4n) is 4.39. The maximum atomic E-state index is 12.6. The normalized spacial score (nSPS) is 25.8. The quantitative estimate of drug-likeness (QED) is 0.689. The number of sulfonamides is 1. The van der Waals surface area contributed by atoms with Crippen molar-refractivity contribution in [3.8, 4) is 0 Å². The van der Waals surface area contributed by atoms with E-state index in [-0.39, 0.29) is 35.2 Å². The number of nitrogens with one attached hydrogen (secondary N) is 2. The van der Waals surface area contributed by atoms with Gasteiger partial charge in [-0.15, -0.1) is 12.4 Å². The zero-order valence-electron chi connectivity index (χ0n) is 15.2. The van der Waals surface area contributed by atoms with Crippen LogP contribution in [0.25, 0.3) is 0 Å². The molecule has 2 aromatic rings. The number of nitrogens with two attached hydrogens (primary N) is 1. The monoisotopic (exact) mass is 421 g/mol. The lowest BCUT2D eigenvalue weighted by Crippen LogP contribution is -2.42. The third kappa shape index (κ3) is 4.01. The van der Waals surface area contributed by atoms with Gasteiger partial charge in [0.2, 0.25) is 5.91 Å². The second kappa shape index (κ2) is 8.11. The van der Waals surface area contributed by atoms with Crippen LogP contribution in [0.15, 0.2) is 59.5 Å². The molecule has 0 radical (unpaired) electrons. The summed E-state index contributed by atoms with van der Waals surface area (Å²) >= 11 is 0. The van der Waals surface area contributed by atoms with Gasteiger partial charge in [0.15, 0.2) is 0 Å². The van der Waals surface area contributed by atoms with Gasteiger partial charge in [-0.3, -0.25) is 9.52 Å². The summed E-state index contributed by atoms with van der Waals surface area (Å²) in [6.07, 6.45) is 3.23. The standard InChI is InChI=1S/C20H23N3O3S.ClH/c21-19-14-7-6-13(12-14)18(19)20(24)22-15-8-10-17(11-9-15)27(25,26)23-16-4-2-1-3-5-16;/h1-5,8-11,13-14,18-19,23H,6-7,12,21H2,(H,22,24);1H. The Balaban J connectivity index is 0.00000225. The molecule has 4 N–H and O–H groups in total. The molecule has 2 saturated carbocycles. The van der Waals surface area contributed by atoms with Gasteiger partial charge in [0, 0.05) is 17.4 Å². The summed E-state index contributed by atoms with van der Waals surface area (Å²) in [5.74, 6) is 0.627. The minimum absolute atomic E-state index is 0. The average molecular weight is 422 g/mol. The molecule has 6 nitrogen and oxygen atoms in total. The van der Waals surface area contributed by atoms with Crippen LogP contribution in [-0.2, 0) is 14.8 Å². The van der Waals surface area contributed by atoms with Crippen LogP contribution in [0, 0.1) is 17.8 Å². The Hall–Kier alpha value is -2.09. The van der Waals surface area contributed by atoms with Gasteiger partial charge in [-0.25, -0.2) is 8.42 Å². The minimum atomic E-state index is -3.67. The van der Waals surface area contributed by atoms with Gasteiger partial charge in [-0.1, -0.05) is 18.2 Å². The van der Waals surface area contributed by atoms with Gasteiger partial charge < -0.3 is 11.1 Å². The molecule has 4 atom stereocenters. The highest BCUT2D eigenvalue weighted by Gasteiger charge is 2.49. The van der Waals surface area contributed by atoms with E-state index in [1.54, 1.807) is 36.4 Å². The van der Waals surface area contributed by atoms with E-state index >= 15 is 0 Å². The molecule has 0 aliphatic heterocycles. The summed E-state index contributed by atoms with van der Waals surface area (Å²) in [7, 11) is -3.67. The summed E-state index contributed by atoms with van der Waals surface area (Å²) in [6.45, 7) is 0. The lowest BCUT2D eigenvalue weighted by atomic mass is 9.84. The van der Waals surface area contributed by atoms with E-state index in [1.807, 2.05) is 6.07 Å². The lowest BCUT2D eigenvalue weighted by molar-refractivity contribution is -0.121.